The SMILES string of the molecule is CCCC1CC1NCc1ccc(Cl)o1. The Morgan fingerprint density at radius 1 is 1.57 bits per heavy atom. The monoisotopic (exact) mass is 213 g/mol. The molecule has 2 atom stereocenters. The number of hydrogen-bond acceptors (Lipinski definition) is 2. The van der Waals surface area contributed by atoms with Crippen molar-refractivity contribution in [3.63, 3.8) is 0 Å². The summed E-state index contributed by atoms with van der Waals surface area (Å²) in [7, 11) is 0. The molecule has 1 aromatic heterocycles. The highest BCUT2D eigenvalue weighted by atomic mass is 35.5. The van der Waals surface area contributed by atoms with Gasteiger partial charge in [-0.1, -0.05) is 13.3 Å². The summed E-state index contributed by atoms with van der Waals surface area (Å²) in [4.78, 5) is 0. The molecule has 0 spiro atoms. The third-order valence-corrected chi connectivity index (χ3v) is 2.95. The minimum Gasteiger partial charge on any atom is -0.448 e. The van der Waals surface area contributed by atoms with E-state index >= 15 is 0 Å². The molecule has 1 fully saturated rings. The van der Waals surface area contributed by atoms with Crippen LogP contribution in [-0.2, 0) is 6.54 Å². The fourth-order valence-electron chi connectivity index (χ4n) is 1.87. The smallest absolute Gasteiger partial charge is 0.193 e. The van der Waals surface area contributed by atoms with E-state index in [9.17, 15) is 0 Å². The lowest BCUT2D eigenvalue weighted by Gasteiger charge is -2.00. The van der Waals surface area contributed by atoms with Crippen LogP contribution in [0.2, 0.25) is 5.22 Å². The van der Waals surface area contributed by atoms with E-state index in [-0.39, 0.29) is 0 Å². The van der Waals surface area contributed by atoms with Crippen molar-refractivity contribution in [2.75, 3.05) is 0 Å². The Bertz CT molecular complexity index is 297. The molecule has 14 heavy (non-hydrogen) atoms. The summed E-state index contributed by atoms with van der Waals surface area (Å²) in [5, 5.41) is 3.94. The first kappa shape index (κ1) is 10.1. The normalized spacial score (nSPS) is 25.3. The van der Waals surface area contributed by atoms with Gasteiger partial charge in [0.2, 0.25) is 0 Å². The summed E-state index contributed by atoms with van der Waals surface area (Å²) < 4.78 is 5.26. The van der Waals surface area contributed by atoms with Gasteiger partial charge in [0.05, 0.1) is 6.54 Å². The van der Waals surface area contributed by atoms with E-state index in [0.29, 0.717) is 11.3 Å². The molecular formula is C11H16ClNO. The lowest BCUT2D eigenvalue weighted by molar-refractivity contribution is 0.476. The number of hydrogen-bond donors (Lipinski definition) is 1. The third-order valence-electron chi connectivity index (χ3n) is 2.75. The first-order chi connectivity index (χ1) is 6.79. The first-order valence-corrected chi connectivity index (χ1v) is 5.65. The van der Waals surface area contributed by atoms with Gasteiger partial charge < -0.3 is 9.73 Å². The van der Waals surface area contributed by atoms with Gasteiger partial charge in [-0.25, -0.2) is 0 Å². The van der Waals surface area contributed by atoms with Gasteiger partial charge >= 0.3 is 0 Å². The first-order valence-electron chi connectivity index (χ1n) is 5.27. The molecule has 1 N–H and O–H groups in total. The zero-order valence-corrected chi connectivity index (χ0v) is 9.18. The highest BCUT2D eigenvalue weighted by Crippen LogP contribution is 2.34. The summed E-state index contributed by atoms with van der Waals surface area (Å²) in [5.74, 6) is 1.82. The van der Waals surface area contributed by atoms with E-state index in [2.05, 4.69) is 12.2 Å². The van der Waals surface area contributed by atoms with Crippen molar-refractivity contribution >= 4 is 11.6 Å². The van der Waals surface area contributed by atoms with Crippen LogP contribution >= 0.6 is 11.6 Å². The number of furan rings is 1. The largest absolute Gasteiger partial charge is 0.448 e. The van der Waals surface area contributed by atoms with Gasteiger partial charge in [0.1, 0.15) is 5.76 Å². The Balaban J connectivity index is 1.69. The number of rotatable bonds is 5. The Kier molecular flexibility index (Phi) is 3.14. The van der Waals surface area contributed by atoms with Crippen LogP contribution in [0.5, 0.6) is 0 Å². The maximum absolute atomic E-state index is 5.68. The molecule has 3 heteroatoms. The van der Waals surface area contributed by atoms with Crippen LogP contribution in [0.15, 0.2) is 16.5 Å². The van der Waals surface area contributed by atoms with Gasteiger partial charge in [0, 0.05) is 6.04 Å². The summed E-state index contributed by atoms with van der Waals surface area (Å²) >= 11 is 5.68. The van der Waals surface area contributed by atoms with Gasteiger partial charge in [-0.3, -0.25) is 0 Å². The molecule has 0 amide bonds. The van der Waals surface area contributed by atoms with Crippen molar-refractivity contribution in [1.82, 2.24) is 5.32 Å². The summed E-state index contributed by atoms with van der Waals surface area (Å²) in [6.45, 7) is 3.04. The summed E-state index contributed by atoms with van der Waals surface area (Å²) in [6.07, 6.45) is 3.95. The van der Waals surface area contributed by atoms with Crippen LogP contribution < -0.4 is 5.32 Å². The molecule has 0 bridgehead atoms. The molecule has 0 radical (unpaired) electrons. The minimum atomic E-state index is 0.475. The third kappa shape index (κ3) is 2.52. The molecule has 0 aromatic carbocycles. The molecule has 78 valence electrons. The van der Waals surface area contributed by atoms with E-state index in [1.165, 1.54) is 19.3 Å². The Hall–Kier alpha value is -0.470. The van der Waals surface area contributed by atoms with Crippen molar-refractivity contribution < 1.29 is 4.42 Å². The molecule has 2 nitrogen and oxygen atoms in total. The summed E-state index contributed by atoms with van der Waals surface area (Å²) in [6, 6.07) is 4.42. The summed E-state index contributed by atoms with van der Waals surface area (Å²) in [5.41, 5.74) is 0. The lowest BCUT2D eigenvalue weighted by Crippen LogP contribution is -2.17. The van der Waals surface area contributed by atoms with E-state index in [0.717, 1.165) is 18.2 Å². The van der Waals surface area contributed by atoms with Gasteiger partial charge in [0.25, 0.3) is 0 Å². The van der Waals surface area contributed by atoms with E-state index in [1.54, 1.807) is 6.07 Å². The van der Waals surface area contributed by atoms with Crippen LogP contribution in [0.1, 0.15) is 31.9 Å². The van der Waals surface area contributed by atoms with E-state index in [1.807, 2.05) is 6.07 Å². The number of halogens is 1. The second-order valence-electron chi connectivity index (χ2n) is 3.98. The van der Waals surface area contributed by atoms with Gasteiger partial charge in [-0.2, -0.15) is 0 Å². The predicted molar refractivity (Wildman–Crippen MR) is 57.4 cm³/mol. The molecule has 1 heterocycles. The van der Waals surface area contributed by atoms with Crippen LogP contribution in [0.3, 0.4) is 0 Å². The molecular weight excluding hydrogens is 198 g/mol. The highest BCUT2D eigenvalue weighted by molar-refractivity contribution is 6.28. The van der Waals surface area contributed by atoms with E-state index < -0.39 is 0 Å². The zero-order chi connectivity index (χ0) is 9.97. The number of nitrogens with one attached hydrogen (secondary N) is 1. The fraction of sp³-hybridized carbons (Fsp3) is 0.636. The molecule has 2 unspecified atom stereocenters. The van der Waals surface area contributed by atoms with Crippen LogP contribution in [0.25, 0.3) is 0 Å². The lowest BCUT2D eigenvalue weighted by atomic mass is 10.2. The Morgan fingerprint density at radius 3 is 3.07 bits per heavy atom. The molecule has 0 saturated heterocycles. The minimum absolute atomic E-state index is 0.475. The molecule has 2 rings (SSSR count). The van der Waals surface area contributed by atoms with Crippen LogP contribution in [0.4, 0.5) is 0 Å². The topological polar surface area (TPSA) is 25.2 Å². The molecule has 0 aliphatic heterocycles. The Morgan fingerprint density at radius 2 is 2.43 bits per heavy atom. The average molecular weight is 214 g/mol. The predicted octanol–water partition coefficient (Wildman–Crippen LogP) is 3.21. The highest BCUT2D eigenvalue weighted by Gasteiger charge is 2.35. The van der Waals surface area contributed by atoms with Crippen LogP contribution in [-0.4, -0.2) is 6.04 Å². The molecule has 1 aromatic rings. The average Bonchev–Trinajstić information content (AvgIpc) is 2.77. The maximum Gasteiger partial charge on any atom is 0.193 e. The Labute approximate surface area is 89.6 Å². The zero-order valence-electron chi connectivity index (χ0n) is 8.42. The van der Waals surface area contributed by atoms with Gasteiger partial charge in [0.15, 0.2) is 5.22 Å². The fourth-order valence-corrected chi connectivity index (χ4v) is 2.03. The second-order valence-corrected chi connectivity index (χ2v) is 4.35. The van der Waals surface area contributed by atoms with E-state index in [4.69, 9.17) is 16.0 Å². The molecule has 1 saturated carbocycles. The second kappa shape index (κ2) is 4.37. The van der Waals surface area contributed by atoms with Crippen molar-refractivity contribution in [2.24, 2.45) is 5.92 Å². The van der Waals surface area contributed by atoms with Gasteiger partial charge in [-0.15, -0.1) is 0 Å². The molecule has 1 aliphatic carbocycles. The maximum atomic E-state index is 5.68. The van der Waals surface area contributed by atoms with Crippen molar-refractivity contribution in [3.8, 4) is 0 Å². The van der Waals surface area contributed by atoms with Crippen LogP contribution in [0, 0.1) is 5.92 Å². The molecule has 1 aliphatic rings. The van der Waals surface area contributed by atoms with Crippen molar-refractivity contribution in [3.05, 3.63) is 23.1 Å². The van der Waals surface area contributed by atoms with Gasteiger partial charge in [-0.05, 0) is 42.5 Å². The van der Waals surface area contributed by atoms with Crippen molar-refractivity contribution in [2.45, 2.75) is 38.8 Å². The standard InChI is InChI=1S/C11H16ClNO/c1-2-3-8-6-10(8)13-7-9-4-5-11(12)14-9/h4-5,8,10,13H,2-3,6-7H2,1H3. The quantitative estimate of drug-likeness (QED) is 0.813. The van der Waals surface area contributed by atoms with Crippen molar-refractivity contribution in [1.29, 1.82) is 0 Å².